The minimum absolute atomic E-state index is 0.774. The second kappa shape index (κ2) is 7.64. The topological polar surface area (TPSA) is 44.9 Å². The van der Waals surface area contributed by atoms with Gasteiger partial charge in [-0.25, -0.2) is 9.36 Å². The molecule has 2 heterocycles. The molecule has 0 saturated carbocycles. The SMILES string of the molecule is Cc1ccc(-n2ncc3cc(Oc4ccc5c(cnn5-c5ccc(C)cc5)c4)ccc32)cc1. The molecular weight excluding hydrogens is 408 g/mol. The maximum absolute atomic E-state index is 6.18. The molecular formula is C28H22N4O. The van der Waals surface area contributed by atoms with E-state index in [1.165, 1.54) is 11.1 Å². The predicted octanol–water partition coefficient (Wildman–Crippen LogP) is 6.77. The highest BCUT2D eigenvalue weighted by molar-refractivity contribution is 5.83. The first-order valence-corrected chi connectivity index (χ1v) is 10.9. The third kappa shape index (κ3) is 3.53. The predicted molar refractivity (Wildman–Crippen MR) is 132 cm³/mol. The van der Waals surface area contributed by atoms with Gasteiger partial charge in [-0.15, -0.1) is 0 Å². The Morgan fingerprint density at radius 2 is 0.970 bits per heavy atom. The summed E-state index contributed by atoms with van der Waals surface area (Å²) < 4.78 is 10.1. The highest BCUT2D eigenvalue weighted by Crippen LogP contribution is 2.30. The first-order chi connectivity index (χ1) is 16.1. The lowest BCUT2D eigenvalue weighted by atomic mass is 10.2. The highest BCUT2D eigenvalue weighted by atomic mass is 16.5. The zero-order valence-electron chi connectivity index (χ0n) is 18.4. The second-order valence-electron chi connectivity index (χ2n) is 8.33. The number of benzene rings is 4. The van der Waals surface area contributed by atoms with Gasteiger partial charge in [0.1, 0.15) is 11.5 Å². The Labute approximate surface area is 191 Å². The molecule has 5 nitrogen and oxygen atoms in total. The Morgan fingerprint density at radius 3 is 1.39 bits per heavy atom. The summed E-state index contributed by atoms with van der Waals surface area (Å²) in [7, 11) is 0. The van der Waals surface area contributed by atoms with Crippen molar-refractivity contribution in [3.8, 4) is 22.9 Å². The molecule has 0 bridgehead atoms. The van der Waals surface area contributed by atoms with E-state index in [-0.39, 0.29) is 0 Å². The molecule has 0 amide bonds. The third-order valence-electron chi connectivity index (χ3n) is 5.87. The van der Waals surface area contributed by atoms with Gasteiger partial charge in [-0.3, -0.25) is 0 Å². The number of fused-ring (bicyclic) bond motifs is 2. The average Bonchev–Trinajstić information content (AvgIpc) is 3.44. The summed E-state index contributed by atoms with van der Waals surface area (Å²) >= 11 is 0. The van der Waals surface area contributed by atoms with Crippen LogP contribution in [0.25, 0.3) is 33.2 Å². The van der Waals surface area contributed by atoms with Crippen molar-refractivity contribution >= 4 is 21.8 Å². The fraction of sp³-hybridized carbons (Fsp3) is 0.0714. The van der Waals surface area contributed by atoms with Gasteiger partial charge in [-0.1, -0.05) is 35.4 Å². The van der Waals surface area contributed by atoms with Crippen LogP contribution in [0.15, 0.2) is 97.3 Å². The molecule has 5 heteroatoms. The molecule has 0 aliphatic carbocycles. The Kier molecular flexibility index (Phi) is 4.47. The van der Waals surface area contributed by atoms with Gasteiger partial charge in [0.25, 0.3) is 0 Å². The van der Waals surface area contributed by atoms with Gasteiger partial charge >= 0.3 is 0 Å². The van der Waals surface area contributed by atoms with Crippen molar-refractivity contribution < 1.29 is 4.74 Å². The number of rotatable bonds is 4. The van der Waals surface area contributed by atoms with Crippen LogP contribution in [-0.2, 0) is 0 Å². The van der Waals surface area contributed by atoms with Crippen molar-refractivity contribution in [2.75, 3.05) is 0 Å². The van der Waals surface area contributed by atoms with Crippen molar-refractivity contribution in [3.05, 3.63) is 108 Å². The van der Waals surface area contributed by atoms with Gasteiger partial charge in [0, 0.05) is 10.8 Å². The fourth-order valence-corrected chi connectivity index (χ4v) is 4.07. The maximum Gasteiger partial charge on any atom is 0.128 e. The van der Waals surface area contributed by atoms with Gasteiger partial charge < -0.3 is 4.74 Å². The molecule has 0 N–H and O–H groups in total. The lowest BCUT2D eigenvalue weighted by Crippen LogP contribution is -1.96. The summed E-state index contributed by atoms with van der Waals surface area (Å²) in [4.78, 5) is 0. The molecule has 0 atom stereocenters. The molecule has 6 aromatic rings. The molecule has 33 heavy (non-hydrogen) atoms. The van der Waals surface area contributed by atoms with Crippen LogP contribution in [0, 0.1) is 13.8 Å². The van der Waals surface area contributed by atoms with E-state index in [0.29, 0.717) is 0 Å². The minimum Gasteiger partial charge on any atom is -0.457 e. The number of aryl methyl sites for hydroxylation is 2. The zero-order valence-corrected chi connectivity index (χ0v) is 18.4. The van der Waals surface area contributed by atoms with Crippen LogP contribution in [0.5, 0.6) is 11.5 Å². The summed E-state index contributed by atoms with van der Waals surface area (Å²) in [5.74, 6) is 1.55. The number of hydrogen-bond donors (Lipinski definition) is 0. The number of aromatic nitrogens is 4. The van der Waals surface area contributed by atoms with Crippen molar-refractivity contribution in [2.24, 2.45) is 0 Å². The first kappa shape index (κ1) is 19.3. The lowest BCUT2D eigenvalue weighted by Gasteiger charge is -2.08. The molecule has 160 valence electrons. The quantitative estimate of drug-likeness (QED) is 0.310. The number of hydrogen-bond acceptors (Lipinski definition) is 3. The molecule has 0 radical (unpaired) electrons. The van der Waals surface area contributed by atoms with Crippen molar-refractivity contribution in [1.82, 2.24) is 19.6 Å². The first-order valence-electron chi connectivity index (χ1n) is 10.9. The Morgan fingerprint density at radius 1 is 0.545 bits per heavy atom. The second-order valence-corrected chi connectivity index (χ2v) is 8.33. The standard InChI is InChI=1S/C28H22N4O/c1-19-3-7-23(8-4-19)31-27-13-11-25(15-21(27)17-29-31)33-26-12-14-28-22(16-26)18-30-32(28)24-9-5-20(2)6-10-24/h3-18H,1-2H3. The van der Waals surface area contributed by atoms with Crippen molar-refractivity contribution in [1.29, 1.82) is 0 Å². The van der Waals surface area contributed by atoms with Gasteiger partial charge in [-0.2, -0.15) is 10.2 Å². The van der Waals surface area contributed by atoms with Gasteiger partial charge in [-0.05, 0) is 74.5 Å². The summed E-state index contributed by atoms with van der Waals surface area (Å²) in [6, 6.07) is 28.8. The Hall–Kier alpha value is -4.38. The molecule has 0 aliphatic rings. The normalized spacial score (nSPS) is 11.3. The van der Waals surface area contributed by atoms with E-state index in [1.54, 1.807) is 0 Å². The molecule has 6 rings (SSSR count). The Balaban J connectivity index is 1.29. The van der Waals surface area contributed by atoms with Crippen LogP contribution < -0.4 is 4.74 Å². The van der Waals surface area contributed by atoms with Crippen LogP contribution >= 0.6 is 0 Å². The average molecular weight is 431 g/mol. The molecule has 2 aromatic heterocycles. The van der Waals surface area contributed by atoms with Gasteiger partial charge in [0.05, 0.1) is 34.8 Å². The summed E-state index contributed by atoms with van der Waals surface area (Å²) in [5.41, 5.74) is 6.63. The van der Waals surface area contributed by atoms with Crippen LogP contribution in [0.2, 0.25) is 0 Å². The van der Waals surface area contributed by atoms with E-state index in [1.807, 2.05) is 58.2 Å². The van der Waals surface area contributed by atoms with Crippen LogP contribution in [0.3, 0.4) is 0 Å². The van der Waals surface area contributed by atoms with Gasteiger partial charge in [0.2, 0.25) is 0 Å². The highest BCUT2D eigenvalue weighted by Gasteiger charge is 2.09. The van der Waals surface area contributed by atoms with Crippen molar-refractivity contribution in [3.63, 3.8) is 0 Å². The van der Waals surface area contributed by atoms with E-state index < -0.39 is 0 Å². The molecule has 0 saturated heterocycles. The van der Waals surface area contributed by atoms with Crippen molar-refractivity contribution in [2.45, 2.75) is 13.8 Å². The minimum atomic E-state index is 0.774. The van der Waals surface area contributed by atoms with Crippen LogP contribution in [0.1, 0.15) is 11.1 Å². The zero-order chi connectivity index (χ0) is 22.4. The largest absolute Gasteiger partial charge is 0.457 e. The van der Waals surface area contributed by atoms with E-state index >= 15 is 0 Å². The van der Waals surface area contributed by atoms with Crippen LogP contribution in [-0.4, -0.2) is 19.6 Å². The number of nitrogens with zero attached hydrogens (tertiary/aromatic N) is 4. The van der Waals surface area contributed by atoms with E-state index in [9.17, 15) is 0 Å². The molecule has 0 unspecified atom stereocenters. The van der Waals surface area contributed by atoms with E-state index in [0.717, 1.165) is 44.7 Å². The Bertz CT molecular complexity index is 1470. The monoisotopic (exact) mass is 430 g/mol. The summed E-state index contributed by atoms with van der Waals surface area (Å²) in [6.07, 6.45) is 3.74. The number of ether oxygens (including phenoxy) is 1. The van der Waals surface area contributed by atoms with E-state index in [2.05, 4.69) is 72.6 Å². The van der Waals surface area contributed by atoms with E-state index in [4.69, 9.17) is 4.74 Å². The third-order valence-corrected chi connectivity index (χ3v) is 5.87. The smallest absolute Gasteiger partial charge is 0.128 e. The maximum atomic E-state index is 6.18. The molecule has 0 aliphatic heterocycles. The summed E-state index contributed by atoms with van der Waals surface area (Å²) in [6.45, 7) is 4.17. The summed E-state index contributed by atoms with van der Waals surface area (Å²) in [5, 5.41) is 11.2. The fourth-order valence-electron chi connectivity index (χ4n) is 4.07. The lowest BCUT2D eigenvalue weighted by molar-refractivity contribution is 0.484. The van der Waals surface area contributed by atoms with Crippen LogP contribution in [0.4, 0.5) is 0 Å². The van der Waals surface area contributed by atoms with Gasteiger partial charge in [0.15, 0.2) is 0 Å². The molecule has 4 aromatic carbocycles. The molecule has 0 spiro atoms. The molecule has 0 fully saturated rings.